The molecule has 4 aromatic rings. The average Bonchev–Trinajstić information content (AvgIpc) is 3.10. The summed E-state index contributed by atoms with van der Waals surface area (Å²) in [5.41, 5.74) is 3.96. The summed E-state index contributed by atoms with van der Waals surface area (Å²) in [4.78, 5) is 13.8. The van der Waals surface area contributed by atoms with Gasteiger partial charge in [-0.15, -0.1) is 0 Å². The number of phenolic OH excluding ortho intramolecular Hbond substituents is 1. The zero-order valence-corrected chi connectivity index (χ0v) is 17.3. The fourth-order valence-electron chi connectivity index (χ4n) is 2.69. The number of phenols is 1. The van der Waals surface area contributed by atoms with Crippen molar-refractivity contribution < 1.29 is 26.6 Å². The summed E-state index contributed by atoms with van der Waals surface area (Å²) in [7, 11) is 0. The van der Waals surface area contributed by atoms with E-state index in [2.05, 4.69) is 18.8 Å². The molecule has 0 saturated carbocycles. The van der Waals surface area contributed by atoms with Gasteiger partial charge in [0.25, 0.3) is 0 Å². The quantitative estimate of drug-likeness (QED) is 0.212. The molecular formula is C20H19AsN2O6. The molecular weight excluding hydrogens is 439 g/mol. The monoisotopic (exact) mass is 458 g/mol. The molecule has 0 bridgehead atoms. The van der Waals surface area contributed by atoms with Gasteiger partial charge < -0.3 is 10.1 Å². The molecule has 1 unspecified atom stereocenters. The second-order valence-electron chi connectivity index (χ2n) is 6.06. The Labute approximate surface area is 169 Å². The summed E-state index contributed by atoms with van der Waals surface area (Å²) in [6.07, 6.45) is 0. The van der Waals surface area contributed by atoms with Gasteiger partial charge in [0, 0.05) is 22.4 Å². The van der Waals surface area contributed by atoms with Gasteiger partial charge in [-0.1, -0.05) is 18.2 Å². The maximum atomic E-state index is 11.8. The summed E-state index contributed by atoms with van der Waals surface area (Å²) in [5, 5.41) is 20.2. The van der Waals surface area contributed by atoms with Gasteiger partial charge in [0.05, 0.1) is 5.52 Å². The number of para-hydroxylation sites is 1. The molecule has 4 rings (SSSR count). The average molecular weight is 458 g/mol. The smallest absolute Gasteiger partial charge is 0.117 e. The van der Waals surface area contributed by atoms with Crippen molar-refractivity contribution in [2.45, 2.75) is 6.92 Å². The molecule has 9 heteroatoms. The van der Waals surface area contributed by atoms with Gasteiger partial charge in [-0.2, -0.15) is 0 Å². The number of H-pyrrole nitrogens is 1. The molecule has 0 fully saturated rings. The van der Waals surface area contributed by atoms with Crippen molar-refractivity contribution in [1.29, 1.82) is 0 Å². The molecule has 0 saturated heterocycles. The minimum Gasteiger partial charge on any atom is -0.508 e. The van der Waals surface area contributed by atoms with Crippen molar-refractivity contribution in [3.63, 3.8) is 0 Å². The van der Waals surface area contributed by atoms with Crippen LogP contribution in [0.2, 0.25) is 0 Å². The first-order valence-corrected chi connectivity index (χ1v) is 11.8. The largest absolute Gasteiger partial charge is 0.508 e. The van der Waals surface area contributed by atoms with Crippen LogP contribution in [0.4, 0.5) is 0 Å². The molecule has 0 radical (unpaired) electrons. The van der Waals surface area contributed by atoms with Crippen molar-refractivity contribution in [2.24, 2.45) is 0 Å². The van der Waals surface area contributed by atoms with Crippen LogP contribution in [-0.2, 0) is 16.2 Å². The van der Waals surface area contributed by atoms with Gasteiger partial charge >= 0.3 is 88.7 Å². The van der Waals surface area contributed by atoms with Crippen LogP contribution in [0.15, 0.2) is 72.8 Å². The van der Waals surface area contributed by atoms with E-state index in [1.54, 1.807) is 30.3 Å². The van der Waals surface area contributed by atoms with Crippen LogP contribution in [0.25, 0.3) is 21.8 Å². The third-order valence-electron chi connectivity index (χ3n) is 3.98. The van der Waals surface area contributed by atoms with Crippen molar-refractivity contribution in [1.82, 2.24) is 10.5 Å². The van der Waals surface area contributed by atoms with E-state index >= 15 is 0 Å². The summed E-state index contributed by atoms with van der Waals surface area (Å²) in [6.45, 7) is 1.18. The third-order valence-corrected chi connectivity index (χ3v) is 7.08. The Balaban J connectivity index is 0.000000166. The number of hydroxylamine groups is 1. The molecule has 1 aromatic heterocycles. The molecule has 29 heavy (non-hydrogen) atoms. The SMILES string of the molecule is CC(=O)NO[As](=O)(OO)c1ccccc1.Oc1ccc2c(c1)[nH]c1ccccc12. The van der Waals surface area contributed by atoms with E-state index < -0.39 is 20.1 Å². The molecule has 150 valence electrons. The number of carbonyl (C=O) groups excluding carboxylic acids is 1. The zero-order chi connectivity index (χ0) is 20.9. The molecule has 3 aromatic carbocycles. The van der Waals surface area contributed by atoms with Gasteiger partial charge in [-0.05, 0) is 18.2 Å². The molecule has 1 heterocycles. The zero-order valence-electron chi connectivity index (χ0n) is 15.4. The van der Waals surface area contributed by atoms with Gasteiger partial charge in [0.2, 0.25) is 0 Å². The number of hydrogen-bond acceptors (Lipinski definition) is 6. The standard InChI is InChI=1S/C12H9NO.C8H10AsNO5/c14-8-5-6-10-9-3-1-2-4-11(9)13-12(10)7-8;1-7(11)10-14-9(12,15-13)8-5-3-2-4-6-8/h1-7,13-14H;2-6,13H,1H3,(H,10,11). The van der Waals surface area contributed by atoms with E-state index in [0.717, 1.165) is 16.4 Å². The number of rotatable bonds is 4. The van der Waals surface area contributed by atoms with Crippen LogP contribution in [-0.4, -0.2) is 35.4 Å². The van der Waals surface area contributed by atoms with Crippen molar-refractivity contribution in [3.05, 3.63) is 72.8 Å². The summed E-state index contributed by atoms with van der Waals surface area (Å²) < 4.78 is 20.5. The number of hydrogen-bond donors (Lipinski definition) is 4. The van der Waals surface area contributed by atoms with Crippen molar-refractivity contribution in [2.75, 3.05) is 0 Å². The number of amides is 1. The number of aromatic hydroxyl groups is 1. The summed E-state index contributed by atoms with van der Waals surface area (Å²) >= 11 is -4.55. The van der Waals surface area contributed by atoms with E-state index in [-0.39, 0.29) is 4.35 Å². The normalized spacial score (nSPS) is 12.8. The number of fused-ring (bicyclic) bond motifs is 3. The molecule has 1 atom stereocenters. The van der Waals surface area contributed by atoms with Crippen molar-refractivity contribution in [3.8, 4) is 5.75 Å². The third kappa shape index (κ3) is 4.88. The Morgan fingerprint density at radius 3 is 2.31 bits per heavy atom. The summed E-state index contributed by atoms with van der Waals surface area (Å²) in [5.74, 6) is -0.242. The second kappa shape index (κ2) is 8.98. The first kappa shape index (κ1) is 20.7. The van der Waals surface area contributed by atoms with Crippen LogP contribution >= 0.6 is 0 Å². The van der Waals surface area contributed by atoms with E-state index in [4.69, 9.17) is 5.26 Å². The molecule has 4 N–H and O–H groups in total. The topological polar surface area (TPSA) is 121 Å². The molecule has 0 aliphatic carbocycles. The van der Waals surface area contributed by atoms with Crippen LogP contribution < -0.4 is 9.83 Å². The second-order valence-corrected chi connectivity index (χ2v) is 9.96. The Bertz CT molecular complexity index is 1180. The van der Waals surface area contributed by atoms with Gasteiger partial charge in [-0.3, -0.25) is 0 Å². The van der Waals surface area contributed by atoms with Gasteiger partial charge in [0.15, 0.2) is 0 Å². The maximum absolute atomic E-state index is 11.8. The van der Waals surface area contributed by atoms with Crippen LogP contribution in [0, 0.1) is 0 Å². The maximum Gasteiger partial charge on any atom is 0.117 e. The number of benzene rings is 3. The number of carbonyl (C=O) groups is 1. The molecule has 8 nitrogen and oxygen atoms in total. The van der Waals surface area contributed by atoms with Crippen LogP contribution in [0.3, 0.4) is 0 Å². The molecule has 0 aliphatic heterocycles. The molecule has 0 aliphatic rings. The van der Waals surface area contributed by atoms with E-state index in [1.807, 2.05) is 29.7 Å². The number of aromatic nitrogens is 1. The first-order valence-electron chi connectivity index (χ1n) is 8.56. The number of aromatic amines is 1. The van der Waals surface area contributed by atoms with Crippen molar-refractivity contribution >= 4 is 46.2 Å². The molecule has 1 amide bonds. The number of nitrogens with one attached hydrogen (secondary N) is 2. The van der Waals surface area contributed by atoms with Crippen LogP contribution in [0.5, 0.6) is 5.75 Å². The minimum atomic E-state index is -4.55. The first-order chi connectivity index (χ1) is 13.9. The van der Waals surface area contributed by atoms with Gasteiger partial charge in [-0.25, -0.2) is 0 Å². The Kier molecular flexibility index (Phi) is 6.41. The fraction of sp³-hybridized carbons (Fsp3) is 0.0500. The Morgan fingerprint density at radius 1 is 0.966 bits per heavy atom. The van der Waals surface area contributed by atoms with E-state index in [0.29, 0.717) is 5.75 Å². The van der Waals surface area contributed by atoms with Crippen LogP contribution in [0.1, 0.15) is 6.92 Å². The fourth-order valence-corrected chi connectivity index (χ4v) is 4.83. The molecule has 0 spiro atoms. The van der Waals surface area contributed by atoms with Gasteiger partial charge in [0.1, 0.15) is 5.75 Å². The summed E-state index contributed by atoms with van der Waals surface area (Å²) in [6, 6.07) is 21.4. The van der Waals surface area contributed by atoms with E-state index in [9.17, 15) is 13.6 Å². The Hall–Kier alpha value is -3.03. The Morgan fingerprint density at radius 2 is 1.62 bits per heavy atom. The minimum absolute atomic E-state index is 0.201. The van der Waals surface area contributed by atoms with E-state index in [1.165, 1.54) is 24.4 Å². The predicted molar refractivity (Wildman–Crippen MR) is 109 cm³/mol. The predicted octanol–water partition coefficient (Wildman–Crippen LogP) is 2.85.